The van der Waals surface area contributed by atoms with Gasteiger partial charge >= 0.3 is 0 Å². The van der Waals surface area contributed by atoms with Gasteiger partial charge < -0.3 is 9.64 Å². The van der Waals surface area contributed by atoms with Gasteiger partial charge in [0.05, 0.1) is 0 Å². The van der Waals surface area contributed by atoms with Gasteiger partial charge in [-0.25, -0.2) is 0 Å². The fourth-order valence-corrected chi connectivity index (χ4v) is 2.01. The predicted octanol–water partition coefficient (Wildman–Crippen LogP) is 2.59. The minimum atomic E-state index is -0.145. The van der Waals surface area contributed by atoms with Crippen LogP contribution in [-0.2, 0) is 9.53 Å². The zero-order valence-electron chi connectivity index (χ0n) is 10.7. The van der Waals surface area contributed by atoms with Crippen molar-refractivity contribution in [3.05, 3.63) is 0 Å². The maximum atomic E-state index is 12.2. The average molecular weight is 227 g/mol. The Bertz CT molecular complexity index is 192. The number of hydrogen-bond acceptors (Lipinski definition) is 2. The fraction of sp³-hybridized carbons (Fsp3) is 0.923. The third-order valence-electron chi connectivity index (χ3n) is 3.08. The molecule has 0 N–H and O–H groups in total. The Kier molecular flexibility index (Phi) is 6.46. The molecule has 1 atom stereocenters. The summed E-state index contributed by atoms with van der Waals surface area (Å²) in [7, 11) is 0. The van der Waals surface area contributed by atoms with Gasteiger partial charge in [0.15, 0.2) is 0 Å². The molecular formula is C13H25NO2. The van der Waals surface area contributed by atoms with E-state index in [-0.39, 0.29) is 12.0 Å². The first-order valence-corrected chi connectivity index (χ1v) is 6.70. The quantitative estimate of drug-likeness (QED) is 0.669. The molecule has 16 heavy (non-hydrogen) atoms. The van der Waals surface area contributed by atoms with Gasteiger partial charge in [-0.15, -0.1) is 0 Å². The average Bonchev–Trinajstić information content (AvgIpc) is 2.82. The van der Waals surface area contributed by atoms with E-state index in [1.54, 1.807) is 0 Å². The Labute approximate surface area is 99.1 Å². The number of rotatable bonds is 7. The highest BCUT2D eigenvalue weighted by molar-refractivity contribution is 5.81. The zero-order chi connectivity index (χ0) is 11.8. The molecule has 1 saturated heterocycles. The highest BCUT2D eigenvalue weighted by atomic mass is 16.5. The lowest BCUT2D eigenvalue weighted by Crippen LogP contribution is -2.40. The molecule has 0 spiro atoms. The van der Waals surface area contributed by atoms with E-state index >= 15 is 0 Å². The maximum absolute atomic E-state index is 12.2. The molecule has 0 aromatic carbocycles. The highest BCUT2D eigenvalue weighted by Gasteiger charge is 2.27. The van der Waals surface area contributed by atoms with Gasteiger partial charge in [-0.2, -0.15) is 0 Å². The van der Waals surface area contributed by atoms with Gasteiger partial charge in [0.2, 0.25) is 0 Å². The van der Waals surface area contributed by atoms with E-state index in [9.17, 15) is 4.79 Å². The van der Waals surface area contributed by atoms with Crippen LogP contribution in [0.3, 0.4) is 0 Å². The topological polar surface area (TPSA) is 29.5 Å². The minimum Gasteiger partial charge on any atom is -0.368 e. The highest BCUT2D eigenvalue weighted by Crippen LogP contribution is 2.15. The van der Waals surface area contributed by atoms with E-state index in [1.165, 1.54) is 0 Å². The summed E-state index contributed by atoms with van der Waals surface area (Å²) in [4.78, 5) is 14.2. The minimum absolute atomic E-state index is 0.145. The first-order valence-electron chi connectivity index (χ1n) is 6.70. The van der Waals surface area contributed by atoms with Crippen molar-refractivity contribution in [2.75, 3.05) is 19.7 Å². The molecule has 0 radical (unpaired) electrons. The van der Waals surface area contributed by atoms with Crippen molar-refractivity contribution in [1.82, 2.24) is 4.90 Å². The molecule has 1 fully saturated rings. The van der Waals surface area contributed by atoms with E-state index < -0.39 is 0 Å². The van der Waals surface area contributed by atoms with Crippen LogP contribution >= 0.6 is 0 Å². The summed E-state index contributed by atoms with van der Waals surface area (Å²) >= 11 is 0. The second-order valence-corrected chi connectivity index (χ2v) is 4.53. The van der Waals surface area contributed by atoms with E-state index in [2.05, 4.69) is 13.8 Å². The lowest BCUT2D eigenvalue weighted by molar-refractivity contribution is -0.141. The SMILES string of the molecule is CCCCN(CCCC)C(=O)C1CCCO1. The van der Waals surface area contributed by atoms with Crippen LogP contribution in [0, 0.1) is 0 Å². The van der Waals surface area contributed by atoms with Crippen molar-refractivity contribution in [2.45, 2.75) is 58.5 Å². The second kappa shape index (κ2) is 7.66. The summed E-state index contributed by atoms with van der Waals surface area (Å²) in [6, 6.07) is 0. The van der Waals surface area contributed by atoms with Gasteiger partial charge in [0, 0.05) is 19.7 Å². The number of unbranched alkanes of at least 4 members (excludes halogenated alkanes) is 2. The molecule has 1 amide bonds. The van der Waals surface area contributed by atoms with Crippen LogP contribution in [0.25, 0.3) is 0 Å². The van der Waals surface area contributed by atoms with Crippen LogP contribution < -0.4 is 0 Å². The monoisotopic (exact) mass is 227 g/mol. The molecule has 1 aliphatic heterocycles. The van der Waals surface area contributed by atoms with Crippen molar-refractivity contribution >= 4 is 5.91 Å². The summed E-state index contributed by atoms with van der Waals surface area (Å²) in [6.07, 6.45) is 6.28. The van der Waals surface area contributed by atoms with Gasteiger partial charge in [0.25, 0.3) is 5.91 Å². The van der Waals surface area contributed by atoms with Crippen molar-refractivity contribution in [3.8, 4) is 0 Å². The molecule has 0 aromatic rings. The summed E-state index contributed by atoms with van der Waals surface area (Å²) < 4.78 is 5.46. The molecule has 0 bridgehead atoms. The van der Waals surface area contributed by atoms with E-state index in [1.807, 2.05) is 4.90 Å². The third kappa shape index (κ3) is 4.12. The first kappa shape index (κ1) is 13.5. The van der Waals surface area contributed by atoms with Crippen molar-refractivity contribution in [1.29, 1.82) is 0 Å². The lowest BCUT2D eigenvalue weighted by atomic mass is 10.2. The zero-order valence-corrected chi connectivity index (χ0v) is 10.7. The van der Waals surface area contributed by atoms with Crippen LogP contribution in [0.4, 0.5) is 0 Å². The standard InChI is InChI=1S/C13H25NO2/c1-3-5-9-14(10-6-4-2)13(15)12-8-7-11-16-12/h12H,3-11H2,1-2H3. The van der Waals surface area contributed by atoms with Crippen molar-refractivity contribution in [2.24, 2.45) is 0 Å². The molecule has 0 aliphatic carbocycles. The number of carbonyl (C=O) groups excluding carboxylic acids is 1. The van der Waals surface area contributed by atoms with E-state index in [0.29, 0.717) is 0 Å². The number of hydrogen-bond donors (Lipinski definition) is 0. The van der Waals surface area contributed by atoms with Crippen LogP contribution in [0.5, 0.6) is 0 Å². The van der Waals surface area contributed by atoms with Crippen LogP contribution in [0.2, 0.25) is 0 Å². The number of ether oxygens (including phenoxy) is 1. The second-order valence-electron chi connectivity index (χ2n) is 4.53. The Morgan fingerprint density at radius 2 is 1.88 bits per heavy atom. The van der Waals surface area contributed by atoms with Crippen LogP contribution in [-0.4, -0.2) is 36.6 Å². The number of nitrogens with zero attached hydrogens (tertiary/aromatic N) is 1. The summed E-state index contributed by atoms with van der Waals surface area (Å²) in [5.74, 6) is 0.222. The third-order valence-corrected chi connectivity index (χ3v) is 3.08. The summed E-state index contributed by atoms with van der Waals surface area (Å²) in [6.45, 7) is 6.87. The maximum Gasteiger partial charge on any atom is 0.251 e. The predicted molar refractivity (Wildman–Crippen MR) is 65.4 cm³/mol. The molecule has 1 heterocycles. The summed E-state index contributed by atoms with van der Waals surface area (Å²) in [5, 5.41) is 0. The fourth-order valence-electron chi connectivity index (χ4n) is 2.01. The van der Waals surface area contributed by atoms with Crippen LogP contribution in [0.15, 0.2) is 0 Å². The molecule has 1 aliphatic rings. The molecule has 0 saturated carbocycles. The van der Waals surface area contributed by atoms with Gasteiger partial charge in [-0.3, -0.25) is 4.79 Å². The van der Waals surface area contributed by atoms with Crippen molar-refractivity contribution in [3.63, 3.8) is 0 Å². The molecule has 1 unspecified atom stereocenters. The Morgan fingerprint density at radius 1 is 1.25 bits per heavy atom. The smallest absolute Gasteiger partial charge is 0.251 e. The van der Waals surface area contributed by atoms with E-state index in [4.69, 9.17) is 4.74 Å². The Balaban J connectivity index is 2.41. The molecule has 94 valence electrons. The molecule has 0 aromatic heterocycles. The van der Waals surface area contributed by atoms with Gasteiger partial charge in [-0.1, -0.05) is 26.7 Å². The number of amides is 1. The Hall–Kier alpha value is -0.570. The normalized spacial score (nSPS) is 20.0. The summed E-state index contributed by atoms with van der Waals surface area (Å²) in [5.41, 5.74) is 0. The van der Waals surface area contributed by atoms with Crippen molar-refractivity contribution < 1.29 is 9.53 Å². The van der Waals surface area contributed by atoms with E-state index in [0.717, 1.165) is 58.2 Å². The first-order chi connectivity index (χ1) is 7.79. The lowest BCUT2D eigenvalue weighted by Gasteiger charge is -2.25. The van der Waals surface area contributed by atoms with Crippen LogP contribution in [0.1, 0.15) is 52.4 Å². The molecule has 3 heteroatoms. The van der Waals surface area contributed by atoms with Gasteiger partial charge in [0.1, 0.15) is 6.10 Å². The number of carbonyl (C=O) groups is 1. The molecule has 3 nitrogen and oxygen atoms in total. The largest absolute Gasteiger partial charge is 0.368 e. The molecule has 1 rings (SSSR count). The van der Waals surface area contributed by atoms with Gasteiger partial charge in [-0.05, 0) is 25.7 Å². The Morgan fingerprint density at radius 3 is 2.31 bits per heavy atom. The molecular weight excluding hydrogens is 202 g/mol.